The third-order valence-electron chi connectivity index (χ3n) is 1.63. The molecule has 0 fully saturated rings. The Hall–Kier alpha value is -1.90. The number of allylic oxidation sites excluding steroid dienone is 5. The van der Waals surface area contributed by atoms with E-state index in [1.54, 1.807) is 6.08 Å². The van der Waals surface area contributed by atoms with Crippen molar-refractivity contribution in [1.29, 1.82) is 0 Å². The summed E-state index contributed by atoms with van der Waals surface area (Å²) >= 11 is 0. The largest absolute Gasteiger partial charge is 0.307 e. The highest BCUT2D eigenvalue weighted by Crippen LogP contribution is 2.07. The van der Waals surface area contributed by atoms with E-state index in [9.17, 15) is 4.79 Å². The lowest BCUT2D eigenvalue weighted by atomic mass is 10.2. The van der Waals surface area contributed by atoms with Crippen LogP contribution in [0, 0.1) is 0 Å². The van der Waals surface area contributed by atoms with E-state index in [1.165, 1.54) is 12.3 Å². The van der Waals surface area contributed by atoms with Crippen LogP contribution in [0.25, 0.3) is 5.57 Å². The molecule has 1 rings (SSSR count). The average Bonchev–Trinajstić information content (AvgIpc) is 2.19. The molecule has 0 radical (unpaired) electrons. The molecule has 0 saturated carbocycles. The summed E-state index contributed by atoms with van der Waals surface area (Å²) < 4.78 is 0. The first kappa shape index (κ1) is 10.2. The highest BCUT2D eigenvalue weighted by molar-refractivity contribution is 5.69. The Kier molecular flexibility index (Phi) is 3.61. The van der Waals surface area contributed by atoms with E-state index in [0.29, 0.717) is 5.82 Å². The van der Waals surface area contributed by atoms with Gasteiger partial charge in [-0.05, 0) is 6.92 Å². The van der Waals surface area contributed by atoms with Crippen molar-refractivity contribution in [2.45, 2.75) is 6.92 Å². The molecule has 0 amide bonds. The highest BCUT2D eigenvalue weighted by Gasteiger charge is 1.97. The van der Waals surface area contributed by atoms with Crippen LogP contribution in [0.15, 0.2) is 47.9 Å². The molecule has 1 aromatic heterocycles. The van der Waals surface area contributed by atoms with Gasteiger partial charge < -0.3 is 4.98 Å². The van der Waals surface area contributed by atoms with E-state index < -0.39 is 0 Å². The molecular weight excluding hydrogens is 176 g/mol. The van der Waals surface area contributed by atoms with Crippen molar-refractivity contribution in [3.8, 4) is 0 Å². The fourth-order valence-corrected chi connectivity index (χ4v) is 0.960. The Bertz CT molecular complexity index is 427. The van der Waals surface area contributed by atoms with Gasteiger partial charge in [0.15, 0.2) is 0 Å². The lowest BCUT2D eigenvalue weighted by molar-refractivity contribution is 1.08. The van der Waals surface area contributed by atoms with E-state index >= 15 is 0 Å². The first-order valence-electron chi connectivity index (χ1n) is 4.29. The lowest BCUT2D eigenvalue weighted by Gasteiger charge is -1.98. The van der Waals surface area contributed by atoms with Crippen molar-refractivity contribution in [3.05, 3.63) is 59.3 Å². The fourth-order valence-electron chi connectivity index (χ4n) is 0.960. The summed E-state index contributed by atoms with van der Waals surface area (Å²) in [5.41, 5.74) is 0.629. The molecule has 72 valence electrons. The molecule has 0 aliphatic heterocycles. The Morgan fingerprint density at radius 3 is 3.00 bits per heavy atom. The van der Waals surface area contributed by atoms with Crippen molar-refractivity contribution in [2.24, 2.45) is 0 Å². The number of H-pyrrole nitrogens is 1. The number of rotatable bonds is 3. The van der Waals surface area contributed by atoms with Gasteiger partial charge in [0, 0.05) is 17.8 Å². The van der Waals surface area contributed by atoms with Crippen molar-refractivity contribution < 1.29 is 0 Å². The van der Waals surface area contributed by atoms with E-state index in [1.807, 2.05) is 25.2 Å². The molecule has 0 aromatic carbocycles. The van der Waals surface area contributed by atoms with Crippen LogP contribution < -0.4 is 5.56 Å². The van der Waals surface area contributed by atoms with Gasteiger partial charge in [-0.1, -0.05) is 30.9 Å². The molecule has 1 aromatic rings. The predicted octanol–water partition coefficient (Wildman–Crippen LogP) is 1.92. The first-order chi connectivity index (χ1) is 6.77. The van der Waals surface area contributed by atoms with Crippen molar-refractivity contribution >= 4 is 5.57 Å². The van der Waals surface area contributed by atoms with Crippen LogP contribution >= 0.6 is 0 Å². The first-order valence-corrected chi connectivity index (χ1v) is 4.29. The summed E-state index contributed by atoms with van der Waals surface area (Å²) in [6, 6.07) is 1.37. The number of aromatic amines is 1. The van der Waals surface area contributed by atoms with E-state index in [4.69, 9.17) is 0 Å². The third-order valence-corrected chi connectivity index (χ3v) is 1.63. The lowest BCUT2D eigenvalue weighted by Crippen LogP contribution is -2.07. The molecule has 1 N–H and O–H groups in total. The summed E-state index contributed by atoms with van der Waals surface area (Å²) in [5.74, 6) is 0.533. The maximum Gasteiger partial charge on any atom is 0.251 e. The molecule has 0 atom stereocenters. The standard InChI is InChI=1S/C11H12N2O/c1-3-5-6-9(4-2)11-12-8-7-10(14)13-11/h3-8H,2H2,1H3,(H,12,13,14)/b5-3-,9-6+. The van der Waals surface area contributed by atoms with Gasteiger partial charge in [0.2, 0.25) is 0 Å². The Morgan fingerprint density at radius 2 is 2.43 bits per heavy atom. The summed E-state index contributed by atoms with van der Waals surface area (Å²) in [7, 11) is 0. The fraction of sp³-hybridized carbons (Fsp3) is 0.0909. The number of hydrogen-bond donors (Lipinski definition) is 1. The highest BCUT2D eigenvalue weighted by atomic mass is 16.1. The molecular formula is C11H12N2O. The molecule has 0 saturated heterocycles. The van der Waals surface area contributed by atoms with Crippen LogP contribution in [0.4, 0.5) is 0 Å². The van der Waals surface area contributed by atoms with E-state index in [0.717, 1.165) is 5.57 Å². The van der Waals surface area contributed by atoms with Crippen molar-refractivity contribution in [2.75, 3.05) is 0 Å². The van der Waals surface area contributed by atoms with Crippen LogP contribution in [0.3, 0.4) is 0 Å². The third kappa shape index (κ3) is 2.55. The maximum atomic E-state index is 11.0. The average molecular weight is 188 g/mol. The minimum absolute atomic E-state index is 0.164. The van der Waals surface area contributed by atoms with Gasteiger partial charge in [-0.25, -0.2) is 4.98 Å². The Labute approximate surface area is 82.5 Å². The second kappa shape index (κ2) is 4.97. The van der Waals surface area contributed by atoms with Gasteiger partial charge in [0.25, 0.3) is 5.56 Å². The van der Waals surface area contributed by atoms with Crippen LogP contribution in [-0.2, 0) is 0 Å². The SMILES string of the molecule is C=C/C(=C\C=C/C)c1nccc(=O)[nH]1. The number of nitrogens with zero attached hydrogens (tertiary/aromatic N) is 1. The molecule has 3 nitrogen and oxygen atoms in total. The second-order valence-electron chi connectivity index (χ2n) is 2.63. The van der Waals surface area contributed by atoms with Gasteiger partial charge in [-0.15, -0.1) is 0 Å². The van der Waals surface area contributed by atoms with Gasteiger partial charge in [-0.3, -0.25) is 4.79 Å². The minimum atomic E-state index is -0.164. The molecule has 14 heavy (non-hydrogen) atoms. The zero-order valence-corrected chi connectivity index (χ0v) is 8.03. The molecule has 0 spiro atoms. The number of hydrogen-bond acceptors (Lipinski definition) is 2. The zero-order valence-electron chi connectivity index (χ0n) is 8.03. The maximum absolute atomic E-state index is 11.0. The van der Waals surface area contributed by atoms with E-state index in [2.05, 4.69) is 16.5 Å². The molecule has 0 aliphatic rings. The summed E-state index contributed by atoms with van der Waals surface area (Å²) in [4.78, 5) is 17.7. The smallest absolute Gasteiger partial charge is 0.251 e. The van der Waals surface area contributed by atoms with Crippen molar-refractivity contribution in [1.82, 2.24) is 9.97 Å². The van der Waals surface area contributed by atoms with Crippen molar-refractivity contribution in [3.63, 3.8) is 0 Å². The second-order valence-corrected chi connectivity index (χ2v) is 2.63. The summed E-state index contributed by atoms with van der Waals surface area (Å²) in [5, 5.41) is 0. The summed E-state index contributed by atoms with van der Waals surface area (Å²) in [6.45, 7) is 5.57. The zero-order chi connectivity index (χ0) is 10.4. The molecule has 0 bridgehead atoms. The Morgan fingerprint density at radius 1 is 1.64 bits per heavy atom. The number of nitrogens with one attached hydrogen (secondary N) is 1. The van der Waals surface area contributed by atoms with Crippen LogP contribution in [0.2, 0.25) is 0 Å². The quantitative estimate of drug-likeness (QED) is 0.736. The van der Waals surface area contributed by atoms with Crippen LogP contribution in [0.1, 0.15) is 12.7 Å². The molecule has 3 heteroatoms. The van der Waals surface area contributed by atoms with Gasteiger partial charge in [-0.2, -0.15) is 0 Å². The Balaban J connectivity index is 3.13. The van der Waals surface area contributed by atoms with Crippen LogP contribution in [-0.4, -0.2) is 9.97 Å². The molecule has 0 aliphatic carbocycles. The number of aromatic nitrogens is 2. The van der Waals surface area contributed by atoms with E-state index in [-0.39, 0.29) is 5.56 Å². The normalized spacial score (nSPS) is 11.9. The molecule has 1 heterocycles. The topological polar surface area (TPSA) is 45.8 Å². The minimum Gasteiger partial charge on any atom is -0.307 e. The van der Waals surface area contributed by atoms with Gasteiger partial charge in [0.1, 0.15) is 5.82 Å². The summed E-state index contributed by atoms with van der Waals surface area (Å²) in [6.07, 6.45) is 8.72. The van der Waals surface area contributed by atoms with Gasteiger partial charge >= 0.3 is 0 Å². The van der Waals surface area contributed by atoms with Gasteiger partial charge in [0.05, 0.1) is 0 Å². The monoisotopic (exact) mass is 188 g/mol. The van der Waals surface area contributed by atoms with Crippen LogP contribution in [0.5, 0.6) is 0 Å². The molecule has 0 unspecified atom stereocenters. The predicted molar refractivity (Wildman–Crippen MR) is 57.8 cm³/mol.